The van der Waals surface area contributed by atoms with Crippen molar-refractivity contribution in [1.29, 1.82) is 0 Å². The third-order valence-corrected chi connectivity index (χ3v) is 3.44. The molecule has 90 valence electrons. The van der Waals surface area contributed by atoms with Gasteiger partial charge in [0.1, 0.15) is 0 Å². The predicted molar refractivity (Wildman–Crippen MR) is 71.6 cm³/mol. The molecule has 0 fully saturated rings. The number of hydrogen-bond acceptors (Lipinski definition) is 4. The van der Waals surface area contributed by atoms with Crippen LogP contribution in [0.25, 0.3) is 0 Å². The maximum absolute atomic E-state index is 8.97. The maximum Gasteiger partial charge on any atom is 0.0973 e. The Hall–Kier alpha value is -1.39. The van der Waals surface area contributed by atoms with Crippen LogP contribution in [0.15, 0.2) is 29.6 Å². The van der Waals surface area contributed by atoms with Crippen molar-refractivity contribution in [2.24, 2.45) is 0 Å². The Kier molecular flexibility index (Phi) is 3.76. The highest BCUT2D eigenvalue weighted by molar-refractivity contribution is 7.09. The van der Waals surface area contributed by atoms with Crippen LogP contribution in [-0.2, 0) is 13.0 Å². The number of aliphatic hydroxyl groups is 1. The SMILES string of the molecule is CN(C)c1cccc(Cc2nc(CO)cs2)c1. The van der Waals surface area contributed by atoms with Gasteiger partial charge in [-0.15, -0.1) is 11.3 Å². The molecular formula is C13H16N2OS. The lowest BCUT2D eigenvalue weighted by molar-refractivity contribution is 0.277. The zero-order chi connectivity index (χ0) is 12.3. The zero-order valence-corrected chi connectivity index (χ0v) is 10.9. The van der Waals surface area contributed by atoms with Crippen molar-refractivity contribution in [2.75, 3.05) is 19.0 Å². The van der Waals surface area contributed by atoms with E-state index in [-0.39, 0.29) is 6.61 Å². The molecule has 2 rings (SSSR count). The van der Waals surface area contributed by atoms with E-state index in [9.17, 15) is 0 Å². The van der Waals surface area contributed by atoms with Gasteiger partial charge in [0.2, 0.25) is 0 Å². The summed E-state index contributed by atoms with van der Waals surface area (Å²) in [6.07, 6.45) is 0.826. The standard InChI is InChI=1S/C13H16N2OS/c1-15(2)12-5-3-4-10(6-12)7-13-14-11(8-16)9-17-13/h3-6,9,16H,7-8H2,1-2H3. The minimum Gasteiger partial charge on any atom is -0.390 e. The highest BCUT2D eigenvalue weighted by Gasteiger charge is 2.03. The third-order valence-electron chi connectivity index (χ3n) is 2.54. The average molecular weight is 248 g/mol. The lowest BCUT2D eigenvalue weighted by Gasteiger charge is -2.13. The fourth-order valence-corrected chi connectivity index (χ4v) is 2.44. The van der Waals surface area contributed by atoms with Crippen LogP contribution in [0.1, 0.15) is 16.3 Å². The van der Waals surface area contributed by atoms with Crippen molar-refractivity contribution in [3.63, 3.8) is 0 Å². The van der Waals surface area contributed by atoms with Crippen LogP contribution in [0.4, 0.5) is 5.69 Å². The van der Waals surface area contributed by atoms with Gasteiger partial charge in [-0.25, -0.2) is 4.98 Å². The van der Waals surface area contributed by atoms with E-state index in [2.05, 4.69) is 34.1 Å². The highest BCUT2D eigenvalue weighted by atomic mass is 32.1. The second-order valence-corrected chi connectivity index (χ2v) is 5.07. The lowest BCUT2D eigenvalue weighted by atomic mass is 10.1. The lowest BCUT2D eigenvalue weighted by Crippen LogP contribution is -2.08. The van der Waals surface area contributed by atoms with Crippen LogP contribution in [0.2, 0.25) is 0 Å². The van der Waals surface area contributed by atoms with E-state index in [0.29, 0.717) is 0 Å². The number of aromatic nitrogens is 1. The molecule has 1 aromatic carbocycles. The minimum atomic E-state index is 0.0221. The van der Waals surface area contributed by atoms with Gasteiger partial charge in [-0.3, -0.25) is 0 Å². The summed E-state index contributed by atoms with van der Waals surface area (Å²) in [5, 5.41) is 11.9. The van der Waals surface area contributed by atoms with Crippen molar-refractivity contribution in [3.05, 3.63) is 45.9 Å². The molecule has 0 spiro atoms. The topological polar surface area (TPSA) is 36.4 Å². The fraction of sp³-hybridized carbons (Fsp3) is 0.308. The van der Waals surface area contributed by atoms with Crippen LogP contribution in [-0.4, -0.2) is 24.2 Å². The van der Waals surface area contributed by atoms with Gasteiger partial charge < -0.3 is 10.0 Å². The van der Waals surface area contributed by atoms with E-state index >= 15 is 0 Å². The Bertz CT molecular complexity index is 494. The van der Waals surface area contributed by atoms with Gasteiger partial charge in [-0.1, -0.05) is 12.1 Å². The third kappa shape index (κ3) is 3.05. The molecular weight excluding hydrogens is 232 g/mol. The van der Waals surface area contributed by atoms with Gasteiger partial charge in [-0.05, 0) is 17.7 Å². The summed E-state index contributed by atoms with van der Waals surface area (Å²) >= 11 is 1.60. The molecule has 0 atom stereocenters. The summed E-state index contributed by atoms with van der Waals surface area (Å²) in [6.45, 7) is 0.0221. The van der Waals surface area contributed by atoms with E-state index in [1.54, 1.807) is 11.3 Å². The Balaban J connectivity index is 2.15. The van der Waals surface area contributed by atoms with Crippen LogP contribution in [0, 0.1) is 0 Å². The second-order valence-electron chi connectivity index (χ2n) is 4.13. The molecule has 1 N–H and O–H groups in total. The van der Waals surface area contributed by atoms with Gasteiger partial charge in [0, 0.05) is 31.6 Å². The van der Waals surface area contributed by atoms with E-state index in [1.807, 2.05) is 19.5 Å². The van der Waals surface area contributed by atoms with Gasteiger partial charge in [-0.2, -0.15) is 0 Å². The number of thiazole rings is 1. The Labute approximate surface area is 105 Å². The normalized spacial score (nSPS) is 10.5. The highest BCUT2D eigenvalue weighted by Crippen LogP contribution is 2.18. The number of aliphatic hydroxyl groups excluding tert-OH is 1. The molecule has 0 unspecified atom stereocenters. The van der Waals surface area contributed by atoms with Crippen molar-refractivity contribution < 1.29 is 5.11 Å². The fourth-order valence-electron chi connectivity index (χ4n) is 1.62. The number of rotatable bonds is 4. The number of nitrogens with zero attached hydrogens (tertiary/aromatic N) is 2. The van der Waals surface area contributed by atoms with Crippen molar-refractivity contribution in [3.8, 4) is 0 Å². The molecule has 1 aromatic heterocycles. The maximum atomic E-state index is 8.97. The molecule has 0 radical (unpaired) electrons. The molecule has 4 heteroatoms. The van der Waals surface area contributed by atoms with Gasteiger partial charge >= 0.3 is 0 Å². The first-order valence-electron chi connectivity index (χ1n) is 5.49. The molecule has 0 amide bonds. The van der Waals surface area contributed by atoms with E-state index < -0.39 is 0 Å². The van der Waals surface area contributed by atoms with Crippen LogP contribution < -0.4 is 4.90 Å². The number of hydrogen-bond donors (Lipinski definition) is 1. The largest absolute Gasteiger partial charge is 0.390 e. The summed E-state index contributed by atoms with van der Waals surface area (Å²) in [7, 11) is 4.07. The quantitative estimate of drug-likeness (QED) is 0.902. The van der Waals surface area contributed by atoms with Crippen LogP contribution in [0.5, 0.6) is 0 Å². The van der Waals surface area contributed by atoms with E-state index in [0.717, 1.165) is 17.1 Å². The second kappa shape index (κ2) is 5.29. The molecule has 0 aliphatic heterocycles. The minimum absolute atomic E-state index is 0.0221. The molecule has 0 bridgehead atoms. The summed E-state index contributed by atoms with van der Waals surface area (Å²) in [6, 6.07) is 8.42. The van der Waals surface area contributed by atoms with Crippen LogP contribution >= 0.6 is 11.3 Å². The predicted octanol–water partition coefficient (Wildman–Crippen LogP) is 2.29. The van der Waals surface area contributed by atoms with Gasteiger partial charge in [0.25, 0.3) is 0 Å². The zero-order valence-electron chi connectivity index (χ0n) is 10.1. The first-order chi connectivity index (χ1) is 8.19. The summed E-state index contributed by atoms with van der Waals surface area (Å²) in [4.78, 5) is 6.44. The molecule has 2 aromatic rings. The first-order valence-corrected chi connectivity index (χ1v) is 6.37. The Morgan fingerprint density at radius 1 is 1.35 bits per heavy atom. The van der Waals surface area contributed by atoms with Gasteiger partial charge in [0.15, 0.2) is 0 Å². The van der Waals surface area contributed by atoms with Crippen molar-refractivity contribution in [2.45, 2.75) is 13.0 Å². The monoisotopic (exact) mass is 248 g/mol. The molecule has 17 heavy (non-hydrogen) atoms. The Morgan fingerprint density at radius 2 is 2.18 bits per heavy atom. The molecule has 0 aliphatic carbocycles. The van der Waals surface area contributed by atoms with Gasteiger partial charge in [0.05, 0.1) is 17.3 Å². The molecule has 3 nitrogen and oxygen atoms in total. The van der Waals surface area contributed by atoms with Crippen molar-refractivity contribution >= 4 is 17.0 Å². The first kappa shape index (κ1) is 12.1. The smallest absolute Gasteiger partial charge is 0.0973 e. The van der Waals surface area contributed by atoms with E-state index in [4.69, 9.17) is 5.11 Å². The molecule has 0 saturated heterocycles. The average Bonchev–Trinajstić information content (AvgIpc) is 2.77. The van der Waals surface area contributed by atoms with Crippen LogP contribution in [0.3, 0.4) is 0 Å². The number of anilines is 1. The molecule has 0 aliphatic rings. The summed E-state index contributed by atoms with van der Waals surface area (Å²) < 4.78 is 0. The Morgan fingerprint density at radius 3 is 2.82 bits per heavy atom. The summed E-state index contributed by atoms with van der Waals surface area (Å²) in [5.41, 5.74) is 3.20. The summed E-state index contributed by atoms with van der Waals surface area (Å²) in [5.74, 6) is 0. The number of benzene rings is 1. The molecule has 1 heterocycles. The van der Waals surface area contributed by atoms with E-state index in [1.165, 1.54) is 11.3 Å². The molecule has 0 saturated carbocycles. The van der Waals surface area contributed by atoms with Crippen molar-refractivity contribution in [1.82, 2.24) is 4.98 Å².